The maximum atomic E-state index is 12.2. The highest BCUT2D eigenvalue weighted by Gasteiger charge is 2.49. The number of likely N-dealkylation sites (tertiary alicyclic amines) is 1. The summed E-state index contributed by atoms with van der Waals surface area (Å²) in [4.78, 5) is 25.1. The summed E-state index contributed by atoms with van der Waals surface area (Å²) in [6.45, 7) is 2.05. The van der Waals surface area contributed by atoms with E-state index in [2.05, 4.69) is 5.32 Å². The number of hydrogen-bond donors (Lipinski definition) is 2. The van der Waals surface area contributed by atoms with Crippen LogP contribution < -0.4 is 5.32 Å². The summed E-state index contributed by atoms with van der Waals surface area (Å²) >= 11 is 0. The van der Waals surface area contributed by atoms with E-state index in [1.165, 1.54) is 4.90 Å². The van der Waals surface area contributed by atoms with Gasteiger partial charge in [0, 0.05) is 18.8 Å². The molecule has 0 aromatic rings. The van der Waals surface area contributed by atoms with Crippen molar-refractivity contribution in [1.82, 2.24) is 10.2 Å². The average molecular weight is 318 g/mol. The predicted molar refractivity (Wildman–Crippen MR) is 76.7 cm³/mol. The zero-order valence-corrected chi connectivity index (χ0v) is 13.1. The van der Waals surface area contributed by atoms with Gasteiger partial charge in [0.2, 0.25) is 0 Å². The van der Waals surface area contributed by atoms with Crippen molar-refractivity contribution in [2.24, 2.45) is 11.8 Å². The molecule has 120 valence electrons. The van der Waals surface area contributed by atoms with Gasteiger partial charge >= 0.3 is 12.0 Å². The summed E-state index contributed by atoms with van der Waals surface area (Å²) in [5.41, 5.74) is 0. The largest absolute Gasteiger partial charge is 0.480 e. The van der Waals surface area contributed by atoms with Crippen LogP contribution in [0.3, 0.4) is 0 Å². The first kappa shape index (κ1) is 16.1. The minimum absolute atomic E-state index is 0.0264. The van der Waals surface area contributed by atoms with Gasteiger partial charge in [0.1, 0.15) is 15.9 Å². The summed E-state index contributed by atoms with van der Waals surface area (Å²) < 4.78 is 22.4. The Kier molecular flexibility index (Phi) is 4.46. The Morgan fingerprint density at radius 2 is 2.05 bits per heavy atom. The number of urea groups is 1. The molecule has 4 atom stereocenters. The number of carbonyl (C=O) groups excluding carboxylic acids is 1. The van der Waals surface area contributed by atoms with E-state index in [0.717, 1.165) is 25.5 Å². The molecule has 0 radical (unpaired) electrons. The zero-order valence-electron chi connectivity index (χ0n) is 12.3. The van der Waals surface area contributed by atoms with Crippen molar-refractivity contribution in [2.45, 2.75) is 38.3 Å². The lowest BCUT2D eigenvalue weighted by atomic mass is 9.94. The summed E-state index contributed by atoms with van der Waals surface area (Å²) in [6, 6.07) is -1.81. The normalized spacial score (nSPS) is 30.0. The van der Waals surface area contributed by atoms with Gasteiger partial charge < -0.3 is 15.3 Å². The molecule has 0 aromatic carbocycles. The molecule has 2 fully saturated rings. The van der Waals surface area contributed by atoms with E-state index in [1.54, 1.807) is 6.92 Å². The third-order valence-electron chi connectivity index (χ3n) is 4.33. The van der Waals surface area contributed by atoms with Gasteiger partial charge in [0.05, 0.1) is 5.75 Å². The van der Waals surface area contributed by atoms with Crippen molar-refractivity contribution in [3.8, 4) is 0 Å². The van der Waals surface area contributed by atoms with Gasteiger partial charge in [-0.2, -0.15) is 0 Å². The van der Waals surface area contributed by atoms with E-state index in [-0.39, 0.29) is 17.6 Å². The Bertz CT molecular complexity index is 533. The minimum atomic E-state index is -3.19. The fourth-order valence-electron chi connectivity index (χ4n) is 3.62. The van der Waals surface area contributed by atoms with E-state index >= 15 is 0 Å². The van der Waals surface area contributed by atoms with Gasteiger partial charge in [-0.3, -0.25) is 0 Å². The highest BCUT2D eigenvalue weighted by molar-refractivity contribution is 7.90. The Labute approximate surface area is 124 Å². The van der Waals surface area contributed by atoms with Crippen molar-refractivity contribution < 1.29 is 23.1 Å². The monoisotopic (exact) mass is 318 g/mol. The molecule has 2 amide bonds. The second-order valence-electron chi connectivity index (χ2n) is 6.23. The topological polar surface area (TPSA) is 104 Å². The number of nitrogens with zero attached hydrogens (tertiary/aromatic N) is 1. The Morgan fingerprint density at radius 3 is 2.62 bits per heavy atom. The SMILES string of the molecule is CC(CS(C)(=O)=O)NC(=O)N1CC2CCCC2C1C(=O)O. The van der Waals surface area contributed by atoms with Gasteiger partial charge in [0.15, 0.2) is 0 Å². The Morgan fingerprint density at radius 1 is 1.38 bits per heavy atom. The lowest BCUT2D eigenvalue weighted by Crippen LogP contribution is -2.51. The molecule has 2 rings (SSSR count). The third-order valence-corrected chi connectivity index (χ3v) is 5.43. The van der Waals surface area contributed by atoms with Crippen LogP contribution >= 0.6 is 0 Å². The molecule has 2 aliphatic rings. The summed E-state index contributed by atoms with van der Waals surface area (Å²) in [6.07, 6.45) is 3.91. The van der Waals surface area contributed by atoms with Gasteiger partial charge in [-0.05, 0) is 31.6 Å². The molecule has 0 aromatic heterocycles. The highest BCUT2D eigenvalue weighted by atomic mass is 32.2. The van der Waals surface area contributed by atoms with Gasteiger partial charge in [-0.1, -0.05) is 6.42 Å². The summed E-state index contributed by atoms with van der Waals surface area (Å²) in [7, 11) is -3.19. The second kappa shape index (κ2) is 5.82. The third kappa shape index (κ3) is 3.66. The standard InChI is InChI=1S/C13H22N2O5S/c1-8(7-21(2,19)20)14-13(18)15-6-9-4-3-5-10(9)11(15)12(16)17/h8-11H,3-7H2,1-2H3,(H,14,18)(H,16,17). The maximum absolute atomic E-state index is 12.2. The van der Waals surface area contributed by atoms with E-state index in [4.69, 9.17) is 0 Å². The molecule has 0 spiro atoms. The van der Waals surface area contributed by atoms with Gasteiger partial charge in [0.25, 0.3) is 0 Å². The van der Waals surface area contributed by atoms with E-state index < -0.39 is 33.9 Å². The summed E-state index contributed by atoms with van der Waals surface area (Å²) in [5.74, 6) is -0.854. The number of fused-ring (bicyclic) bond motifs is 1. The Hall–Kier alpha value is -1.31. The molecule has 7 nitrogen and oxygen atoms in total. The number of carbonyl (C=O) groups is 2. The molecule has 1 heterocycles. The number of rotatable bonds is 4. The lowest BCUT2D eigenvalue weighted by Gasteiger charge is -2.26. The quantitative estimate of drug-likeness (QED) is 0.776. The van der Waals surface area contributed by atoms with Crippen LogP contribution in [-0.2, 0) is 14.6 Å². The number of carboxylic acid groups (broad SMARTS) is 1. The fourth-order valence-corrected chi connectivity index (χ4v) is 4.61. The first-order chi connectivity index (χ1) is 9.69. The first-order valence-corrected chi connectivity index (χ1v) is 9.23. The smallest absolute Gasteiger partial charge is 0.326 e. The maximum Gasteiger partial charge on any atom is 0.326 e. The molecular formula is C13H22N2O5S. The number of amides is 2. The van der Waals surface area contributed by atoms with Crippen LogP contribution in [-0.4, -0.2) is 61.1 Å². The van der Waals surface area contributed by atoms with Crippen molar-refractivity contribution in [3.05, 3.63) is 0 Å². The zero-order chi connectivity index (χ0) is 15.8. The van der Waals surface area contributed by atoms with Crippen LogP contribution in [0.5, 0.6) is 0 Å². The van der Waals surface area contributed by atoms with Gasteiger partial charge in [-0.15, -0.1) is 0 Å². The molecule has 1 saturated heterocycles. The van der Waals surface area contributed by atoms with Crippen LogP contribution in [0.1, 0.15) is 26.2 Å². The minimum Gasteiger partial charge on any atom is -0.480 e. The Balaban J connectivity index is 2.03. The molecule has 0 bridgehead atoms. The van der Waals surface area contributed by atoms with Crippen LogP contribution in [0.4, 0.5) is 4.79 Å². The first-order valence-electron chi connectivity index (χ1n) is 7.16. The second-order valence-corrected chi connectivity index (χ2v) is 8.42. The fraction of sp³-hybridized carbons (Fsp3) is 0.846. The predicted octanol–water partition coefficient (Wildman–Crippen LogP) is 0.314. The molecule has 2 N–H and O–H groups in total. The van der Waals surface area contributed by atoms with E-state index in [1.807, 2.05) is 0 Å². The van der Waals surface area contributed by atoms with Gasteiger partial charge in [-0.25, -0.2) is 18.0 Å². The summed E-state index contributed by atoms with van der Waals surface area (Å²) in [5, 5.41) is 12.0. The molecule has 1 saturated carbocycles. The van der Waals surface area contributed by atoms with Crippen LogP contribution in [0, 0.1) is 11.8 Å². The van der Waals surface area contributed by atoms with Crippen LogP contribution in [0.15, 0.2) is 0 Å². The molecule has 8 heteroatoms. The number of aliphatic carboxylic acids is 1. The number of sulfone groups is 1. The number of hydrogen-bond acceptors (Lipinski definition) is 4. The average Bonchev–Trinajstić information content (AvgIpc) is 2.83. The van der Waals surface area contributed by atoms with Crippen molar-refractivity contribution >= 4 is 21.8 Å². The lowest BCUT2D eigenvalue weighted by molar-refractivity contribution is -0.142. The number of nitrogens with one attached hydrogen (secondary N) is 1. The highest BCUT2D eigenvalue weighted by Crippen LogP contribution is 2.42. The number of carboxylic acids is 1. The molecule has 1 aliphatic heterocycles. The van der Waals surface area contributed by atoms with Crippen LogP contribution in [0.2, 0.25) is 0 Å². The van der Waals surface area contributed by atoms with Crippen molar-refractivity contribution in [1.29, 1.82) is 0 Å². The van der Waals surface area contributed by atoms with E-state index in [0.29, 0.717) is 6.54 Å². The van der Waals surface area contributed by atoms with Crippen molar-refractivity contribution in [3.63, 3.8) is 0 Å². The van der Waals surface area contributed by atoms with Crippen molar-refractivity contribution in [2.75, 3.05) is 18.6 Å². The van der Waals surface area contributed by atoms with E-state index in [9.17, 15) is 23.1 Å². The molecule has 4 unspecified atom stereocenters. The van der Waals surface area contributed by atoms with Crippen LogP contribution in [0.25, 0.3) is 0 Å². The molecule has 21 heavy (non-hydrogen) atoms. The molecule has 1 aliphatic carbocycles. The molecular weight excluding hydrogens is 296 g/mol.